The van der Waals surface area contributed by atoms with Gasteiger partial charge >= 0.3 is 6.03 Å². The number of nitrogens with zero attached hydrogens (tertiary/aromatic N) is 4. The predicted octanol–water partition coefficient (Wildman–Crippen LogP) is 4.73. The van der Waals surface area contributed by atoms with Crippen LogP contribution in [0.15, 0.2) is 115 Å². The number of hydrogen-bond acceptors (Lipinski definition) is 4. The van der Waals surface area contributed by atoms with Crippen molar-refractivity contribution in [2.45, 2.75) is 43.9 Å². The first-order chi connectivity index (χ1) is 21.5. The molecule has 3 aliphatic rings. The molecule has 2 heterocycles. The summed E-state index contributed by atoms with van der Waals surface area (Å²) >= 11 is 0. The molecule has 8 nitrogen and oxygen atoms in total. The van der Waals surface area contributed by atoms with Crippen LogP contribution in [-0.2, 0) is 22.6 Å². The molecule has 0 bridgehead atoms. The van der Waals surface area contributed by atoms with Crippen molar-refractivity contribution >= 4 is 17.8 Å². The molecule has 2 saturated heterocycles. The van der Waals surface area contributed by atoms with Gasteiger partial charge in [0.2, 0.25) is 11.8 Å². The smallest absolute Gasteiger partial charge is 0.334 e. The molecule has 1 N–H and O–H groups in total. The van der Waals surface area contributed by atoms with Crippen LogP contribution < -0.4 is 5.32 Å². The minimum Gasteiger partial charge on any atom is -0.336 e. The Morgan fingerprint density at radius 2 is 1.55 bits per heavy atom. The van der Waals surface area contributed by atoms with Crippen molar-refractivity contribution in [1.82, 2.24) is 25.1 Å². The maximum absolute atomic E-state index is 14.4. The van der Waals surface area contributed by atoms with Crippen molar-refractivity contribution in [2.24, 2.45) is 0 Å². The zero-order chi connectivity index (χ0) is 30.5. The molecule has 0 aromatic heterocycles. The Kier molecular flexibility index (Phi) is 8.89. The molecule has 1 aliphatic carbocycles. The summed E-state index contributed by atoms with van der Waals surface area (Å²) in [6, 6.07) is 28.8. The van der Waals surface area contributed by atoms with Gasteiger partial charge in [0.1, 0.15) is 12.2 Å². The standard InChI is InChI=1S/C36H39N5O3/c1-38-26-34(42)40-32(22-27-14-6-2-7-15-27)35(43)39(24-31(29-18-10-4-11-19-29)30-20-12-5-13-21-30)25-33(40)41(38)36(44)37-23-28-16-8-3-9-17-28/h2-4,6-12,14-21,31-33H,5,13,22-26H2,1H3,(H,37,44)/t31?,32-,33-/m0/s1. The van der Waals surface area contributed by atoms with E-state index in [0.29, 0.717) is 19.5 Å². The SMILES string of the molecule is CN1CC(=O)N2[C@@H](Cc3ccccc3)C(=O)N(CC(C3=CCCC=C3)c3ccccc3)C[C@@H]2N1C(=O)NCc1ccccc1. The Hall–Kier alpha value is -4.69. The average molecular weight is 590 g/mol. The highest BCUT2D eigenvalue weighted by Crippen LogP contribution is 2.33. The summed E-state index contributed by atoms with van der Waals surface area (Å²) in [6.45, 7) is 1.04. The quantitative estimate of drug-likeness (QED) is 0.413. The normalized spacial score (nSPS) is 21.1. The lowest BCUT2D eigenvalue weighted by atomic mass is 9.86. The molecular formula is C36H39N5O3. The van der Waals surface area contributed by atoms with E-state index in [1.165, 1.54) is 5.57 Å². The zero-order valence-corrected chi connectivity index (χ0v) is 25.1. The van der Waals surface area contributed by atoms with E-state index in [2.05, 4.69) is 35.7 Å². The number of likely N-dealkylation sites (N-methyl/N-ethyl adjacent to an activating group) is 1. The number of urea groups is 1. The molecular weight excluding hydrogens is 550 g/mol. The van der Waals surface area contributed by atoms with Gasteiger partial charge in [-0.15, -0.1) is 0 Å². The second kappa shape index (κ2) is 13.3. The summed E-state index contributed by atoms with van der Waals surface area (Å²) < 4.78 is 0. The molecule has 6 rings (SSSR count). The largest absolute Gasteiger partial charge is 0.336 e. The Morgan fingerprint density at radius 3 is 2.20 bits per heavy atom. The highest BCUT2D eigenvalue weighted by atomic mass is 16.2. The number of allylic oxidation sites excluding steroid dienone is 3. The van der Waals surface area contributed by atoms with Gasteiger partial charge < -0.3 is 15.1 Å². The zero-order valence-electron chi connectivity index (χ0n) is 25.1. The van der Waals surface area contributed by atoms with E-state index >= 15 is 0 Å². The predicted molar refractivity (Wildman–Crippen MR) is 170 cm³/mol. The van der Waals surface area contributed by atoms with Gasteiger partial charge in [-0.1, -0.05) is 109 Å². The van der Waals surface area contributed by atoms with Crippen LogP contribution in [0.1, 0.15) is 35.4 Å². The molecule has 3 aromatic rings. The average Bonchev–Trinajstić information content (AvgIpc) is 3.06. The maximum Gasteiger partial charge on any atom is 0.334 e. The van der Waals surface area contributed by atoms with Crippen molar-refractivity contribution < 1.29 is 14.4 Å². The third-order valence-electron chi connectivity index (χ3n) is 8.74. The molecule has 4 amide bonds. The third kappa shape index (κ3) is 6.31. The topological polar surface area (TPSA) is 76.2 Å². The fourth-order valence-corrected chi connectivity index (χ4v) is 6.56. The van der Waals surface area contributed by atoms with Gasteiger partial charge in [-0.05, 0) is 35.1 Å². The maximum atomic E-state index is 14.4. The summed E-state index contributed by atoms with van der Waals surface area (Å²) in [5.41, 5.74) is 4.27. The van der Waals surface area contributed by atoms with Gasteiger partial charge in [0.15, 0.2) is 0 Å². The van der Waals surface area contributed by atoms with Crippen LogP contribution in [0.3, 0.4) is 0 Å². The van der Waals surface area contributed by atoms with Crippen molar-refractivity contribution in [1.29, 1.82) is 0 Å². The number of hydrazine groups is 1. The number of nitrogens with one attached hydrogen (secondary N) is 1. The molecule has 0 radical (unpaired) electrons. The molecule has 2 aliphatic heterocycles. The van der Waals surface area contributed by atoms with Crippen LogP contribution in [0.2, 0.25) is 0 Å². The van der Waals surface area contributed by atoms with Crippen LogP contribution in [0.5, 0.6) is 0 Å². The van der Waals surface area contributed by atoms with Gasteiger partial charge in [0, 0.05) is 32.5 Å². The fourth-order valence-electron chi connectivity index (χ4n) is 6.56. The minimum absolute atomic E-state index is 0.0121. The Bertz CT molecular complexity index is 1530. The van der Waals surface area contributed by atoms with E-state index in [1.54, 1.807) is 22.0 Å². The van der Waals surface area contributed by atoms with E-state index in [-0.39, 0.29) is 36.9 Å². The molecule has 1 unspecified atom stereocenters. The minimum atomic E-state index is -0.728. The lowest BCUT2D eigenvalue weighted by molar-refractivity contribution is -0.187. The second-order valence-electron chi connectivity index (χ2n) is 11.7. The van der Waals surface area contributed by atoms with Gasteiger partial charge in [0.25, 0.3) is 0 Å². The van der Waals surface area contributed by atoms with Crippen molar-refractivity contribution in [3.63, 3.8) is 0 Å². The van der Waals surface area contributed by atoms with Gasteiger partial charge in [0.05, 0.1) is 13.1 Å². The van der Waals surface area contributed by atoms with Gasteiger partial charge in [-0.3, -0.25) is 9.59 Å². The van der Waals surface area contributed by atoms with Crippen LogP contribution in [0.4, 0.5) is 4.79 Å². The highest BCUT2D eigenvalue weighted by molar-refractivity contribution is 5.91. The summed E-state index contributed by atoms with van der Waals surface area (Å²) in [6.07, 6.45) is 8.33. The number of piperazine rings is 1. The van der Waals surface area contributed by atoms with Gasteiger partial charge in [-0.2, -0.15) is 0 Å². The molecule has 226 valence electrons. The molecule has 3 atom stereocenters. The molecule has 3 aromatic carbocycles. The van der Waals surface area contributed by atoms with E-state index < -0.39 is 12.2 Å². The number of hydrogen-bond donors (Lipinski definition) is 1. The van der Waals surface area contributed by atoms with E-state index in [4.69, 9.17) is 0 Å². The fraction of sp³-hybridized carbons (Fsp3) is 0.306. The van der Waals surface area contributed by atoms with E-state index in [1.807, 2.05) is 83.8 Å². The Labute approximate surface area is 259 Å². The number of carbonyl (C=O) groups is 3. The lowest BCUT2D eigenvalue weighted by Crippen LogP contribution is -2.76. The number of carbonyl (C=O) groups excluding carboxylic acids is 3. The van der Waals surface area contributed by atoms with Crippen molar-refractivity contribution in [2.75, 3.05) is 26.7 Å². The Morgan fingerprint density at radius 1 is 0.886 bits per heavy atom. The van der Waals surface area contributed by atoms with Crippen LogP contribution in [0, 0.1) is 0 Å². The second-order valence-corrected chi connectivity index (χ2v) is 11.7. The van der Waals surface area contributed by atoms with Crippen molar-refractivity contribution in [3.05, 3.63) is 131 Å². The van der Waals surface area contributed by atoms with Crippen LogP contribution >= 0.6 is 0 Å². The summed E-state index contributed by atoms with van der Waals surface area (Å²) in [5, 5.41) is 6.34. The lowest BCUT2D eigenvalue weighted by Gasteiger charge is -2.54. The third-order valence-corrected chi connectivity index (χ3v) is 8.74. The first-order valence-corrected chi connectivity index (χ1v) is 15.4. The summed E-state index contributed by atoms with van der Waals surface area (Å²) in [7, 11) is 1.76. The van der Waals surface area contributed by atoms with E-state index in [9.17, 15) is 14.4 Å². The number of fused-ring (bicyclic) bond motifs is 1. The number of benzene rings is 3. The highest BCUT2D eigenvalue weighted by Gasteiger charge is 2.51. The molecule has 44 heavy (non-hydrogen) atoms. The molecule has 2 fully saturated rings. The summed E-state index contributed by atoms with van der Waals surface area (Å²) in [4.78, 5) is 45.4. The Balaban J connectivity index is 1.34. The number of amides is 4. The van der Waals surface area contributed by atoms with E-state index in [0.717, 1.165) is 29.5 Å². The van der Waals surface area contributed by atoms with Gasteiger partial charge in [-0.25, -0.2) is 14.8 Å². The first kappa shape index (κ1) is 29.4. The molecule has 8 heteroatoms. The number of rotatable bonds is 8. The monoisotopic (exact) mass is 589 g/mol. The molecule has 0 spiro atoms. The summed E-state index contributed by atoms with van der Waals surface area (Å²) in [5.74, 6) is -0.275. The molecule has 0 saturated carbocycles. The van der Waals surface area contributed by atoms with Crippen molar-refractivity contribution in [3.8, 4) is 0 Å². The van der Waals surface area contributed by atoms with Crippen LogP contribution in [-0.4, -0.2) is 76.6 Å². The van der Waals surface area contributed by atoms with Crippen LogP contribution in [0.25, 0.3) is 0 Å². The first-order valence-electron chi connectivity index (χ1n) is 15.4.